The minimum Gasteiger partial charge on any atom is -0.314 e. The van der Waals surface area contributed by atoms with E-state index in [1.807, 2.05) is 11.3 Å². The van der Waals surface area contributed by atoms with Gasteiger partial charge in [-0.15, -0.1) is 11.3 Å². The number of piperazine rings is 1. The lowest BCUT2D eigenvalue weighted by Crippen LogP contribution is -2.45. The third-order valence-electron chi connectivity index (χ3n) is 4.49. The van der Waals surface area contributed by atoms with E-state index in [1.165, 1.54) is 21.2 Å². The topological polar surface area (TPSA) is 15.3 Å². The van der Waals surface area contributed by atoms with Crippen LogP contribution >= 0.6 is 27.3 Å². The molecule has 23 heavy (non-hydrogen) atoms. The van der Waals surface area contributed by atoms with Crippen molar-refractivity contribution >= 4 is 37.4 Å². The molecule has 0 radical (unpaired) electrons. The smallest absolute Gasteiger partial charge is 0.0617 e. The summed E-state index contributed by atoms with van der Waals surface area (Å²) < 4.78 is 2.52. The van der Waals surface area contributed by atoms with Gasteiger partial charge in [0.2, 0.25) is 0 Å². The number of halogens is 1. The van der Waals surface area contributed by atoms with Gasteiger partial charge in [0.25, 0.3) is 0 Å². The first-order valence-electron chi connectivity index (χ1n) is 7.99. The van der Waals surface area contributed by atoms with Crippen LogP contribution in [0.2, 0.25) is 0 Å². The molecule has 0 spiro atoms. The largest absolute Gasteiger partial charge is 0.314 e. The van der Waals surface area contributed by atoms with Gasteiger partial charge in [-0.2, -0.15) is 0 Å². The molecule has 0 aliphatic carbocycles. The first kappa shape index (κ1) is 15.3. The summed E-state index contributed by atoms with van der Waals surface area (Å²) in [6, 6.07) is 17.8. The minimum atomic E-state index is 0.325. The predicted molar refractivity (Wildman–Crippen MR) is 102 cm³/mol. The van der Waals surface area contributed by atoms with Crippen LogP contribution in [0, 0.1) is 0 Å². The SMILES string of the molecule is Brc1cccc(C(c2csc3ccccc23)N2CCNCC2)c1. The van der Waals surface area contributed by atoms with Crippen molar-refractivity contribution in [2.75, 3.05) is 26.2 Å². The number of nitrogens with one attached hydrogen (secondary N) is 1. The van der Waals surface area contributed by atoms with Crippen LogP contribution in [0.15, 0.2) is 58.4 Å². The number of nitrogens with zero attached hydrogens (tertiary/aromatic N) is 1. The second-order valence-corrected chi connectivity index (χ2v) is 7.76. The van der Waals surface area contributed by atoms with Crippen LogP contribution in [-0.4, -0.2) is 31.1 Å². The van der Waals surface area contributed by atoms with Crippen molar-refractivity contribution in [2.24, 2.45) is 0 Å². The predicted octanol–water partition coefficient (Wildman–Crippen LogP) is 4.66. The fourth-order valence-electron chi connectivity index (χ4n) is 3.41. The van der Waals surface area contributed by atoms with E-state index in [2.05, 4.69) is 80.1 Å². The Balaban J connectivity index is 1.84. The zero-order chi connectivity index (χ0) is 15.6. The van der Waals surface area contributed by atoms with Crippen molar-refractivity contribution in [3.63, 3.8) is 0 Å². The molecular weight excluding hydrogens is 368 g/mol. The number of hydrogen-bond donors (Lipinski definition) is 1. The molecule has 0 amide bonds. The average molecular weight is 387 g/mol. The van der Waals surface area contributed by atoms with Crippen LogP contribution in [0.1, 0.15) is 17.2 Å². The normalized spacial score (nSPS) is 17.4. The standard InChI is InChI=1S/C19H19BrN2S/c20-15-5-3-4-14(12-15)19(22-10-8-21-9-11-22)17-13-23-18-7-2-1-6-16(17)18/h1-7,12-13,19,21H,8-11H2. The van der Waals surface area contributed by atoms with E-state index >= 15 is 0 Å². The Morgan fingerprint density at radius 3 is 2.70 bits per heavy atom. The quantitative estimate of drug-likeness (QED) is 0.703. The number of fused-ring (bicyclic) bond motifs is 1. The fraction of sp³-hybridized carbons (Fsp3) is 0.263. The molecule has 3 aromatic rings. The molecule has 2 aromatic carbocycles. The molecule has 0 bridgehead atoms. The minimum absolute atomic E-state index is 0.325. The zero-order valence-corrected chi connectivity index (χ0v) is 15.2. The maximum absolute atomic E-state index is 3.64. The lowest BCUT2D eigenvalue weighted by atomic mass is 9.96. The van der Waals surface area contributed by atoms with Crippen LogP contribution in [0.4, 0.5) is 0 Å². The highest BCUT2D eigenvalue weighted by Gasteiger charge is 2.26. The van der Waals surface area contributed by atoms with E-state index in [4.69, 9.17) is 0 Å². The Labute approximate surface area is 149 Å². The highest BCUT2D eigenvalue weighted by atomic mass is 79.9. The molecule has 2 heterocycles. The summed E-state index contributed by atoms with van der Waals surface area (Å²) in [5, 5.41) is 7.20. The summed E-state index contributed by atoms with van der Waals surface area (Å²) in [5.74, 6) is 0. The third kappa shape index (κ3) is 3.09. The molecule has 1 unspecified atom stereocenters. The van der Waals surface area contributed by atoms with Crippen LogP contribution in [0.5, 0.6) is 0 Å². The number of benzene rings is 2. The number of thiophene rings is 1. The van der Waals surface area contributed by atoms with Gasteiger partial charge in [0.15, 0.2) is 0 Å². The Hall–Kier alpha value is -1.20. The molecule has 1 aliphatic heterocycles. The molecule has 1 aromatic heterocycles. The van der Waals surface area contributed by atoms with Gasteiger partial charge in [-0.1, -0.05) is 46.3 Å². The van der Waals surface area contributed by atoms with Crippen molar-refractivity contribution in [1.82, 2.24) is 10.2 Å². The van der Waals surface area contributed by atoms with Gasteiger partial charge in [-0.3, -0.25) is 4.90 Å². The monoisotopic (exact) mass is 386 g/mol. The molecular formula is C19H19BrN2S. The van der Waals surface area contributed by atoms with E-state index in [1.54, 1.807) is 0 Å². The summed E-state index contributed by atoms with van der Waals surface area (Å²) in [5.41, 5.74) is 2.80. The molecule has 1 atom stereocenters. The summed E-state index contributed by atoms with van der Waals surface area (Å²) >= 11 is 5.49. The first-order valence-corrected chi connectivity index (χ1v) is 9.66. The molecule has 4 heteroatoms. The van der Waals surface area contributed by atoms with Crippen LogP contribution in [0.25, 0.3) is 10.1 Å². The second kappa shape index (κ2) is 6.73. The number of hydrogen-bond acceptors (Lipinski definition) is 3. The van der Waals surface area contributed by atoms with E-state index < -0.39 is 0 Å². The fourth-order valence-corrected chi connectivity index (χ4v) is 4.81. The van der Waals surface area contributed by atoms with Gasteiger partial charge in [0, 0.05) is 35.4 Å². The highest BCUT2D eigenvalue weighted by Crippen LogP contribution is 2.37. The van der Waals surface area contributed by atoms with Crippen molar-refractivity contribution < 1.29 is 0 Å². The van der Waals surface area contributed by atoms with Crippen molar-refractivity contribution in [1.29, 1.82) is 0 Å². The van der Waals surface area contributed by atoms with Gasteiger partial charge in [0.1, 0.15) is 0 Å². The number of rotatable bonds is 3. The van der Waals surface area contributed by atoms with E-state index in [0.717, 1.165) is 30.7 Å². The lowest BCUT2D eigenvalue weighted by Gasteiger charge is -2.35. The van der Waals surface area contributed by atoms with Gasteiger partial charge in [-0.05, 0) is 40.1 Å². The average Bonchev–Trinajstić information content (AvgIpc) is 3.00. The Kier molecular flexibility index (Phi) is 4.49. The van der Waals surface area contributed by atoms with Crippen LogP contribution in [-0.2, 0) is 0 Å². The van der Waals surface area contributed by atoms with Crippen LogP contribution in [0.3, 0.4) is 0 Å². The molecule has 1 saturated heterocycles. The molecule has 1 fully saturated rings. The molecule has 1 N–H and O–H groups in total. The lowest BCUT2D eigenvalue weighted by molar-refractivity contribution is 0.199. The van der Waals surface area contributed by atoms with Crippen molar-refractivity contribution in [3.8, 4) is 0 Å². The third-order valence-corrected chi connectivity index (χ3v) is 5.96. The maximum atomic E-state index is 3.64. The summed E-state index contributed by atoms with van der Waals surface area (Å²) in [7, 11) is 0. The second-order valence-electron chi connectivity index (χ2n) is 5.93. The molecule has 118 valence electrons. The zero-order valence-electron chi connectivity index (χ0n) is 12.8. The Bertz CT molecular complexity index is 808. The first-order chi connectivity index (χ1) is 11.3. The van der Waals surface area contributed by atoms with Crippen LogP contribution < -0.4 is 5.32 Å². The molecule has 0 saturated carbocycles. The van der Waals surface area contributed by atoms with E-state index in [9.17, 15) is 0 Å². The summed E-state index contributed by atoms with van der Waals surface area (Å²) in [6.45, 7) is 4.29. The van der Waals surface area contributed by atoms with Gasteiger partial charge in [-0.25, -0.2) is 0 Å². The van der Waals surface area contributed by atoms with Gasteiger partial charge in [0.05, 0.1) is 6.04 Å². The van der Waals surface area contributed by atoms with E-state index in [0.29, 0.717) is 6.04 Å². The van der Waals surface area contributed by atoms with Gasteiger partial charge < -0.3 is 5.32 Å². The summed E-state index contributed by atoms with van der Waals surface area (Å²) in [6.07, 6.45) is 0. The molecule has 2 nitrogen and oxygen atoms in total. The summed E-state index contributed by atoms with van der Waals surface area (Å²) in [4.78, 5) is 2.60. The Morgan fingerprint density at radius 2 is 1.87 bits per heavy atom. The van der Waals surface area contributed by atoms with E-state index in [-0.39, 0.29) is 0 Å². The van der Waals surface area contributed by atoms with Gasteiger partial charge >= 0.3 is 0 Å². The Morgan fingerprint density at radius 1 is 1.04 bits per heavy atom. The molecule has 4 rings (SSSR count). The van der Waals surface area contributed by atoms with Crippen molar-refractivity contribution in [2.45, 2.75) is 6.04 Å². The van der Waals surface area contributed by atoms with Crippen molar-refractivity contribution in [3.05, 3.63) is 69.5 Å². The highest BCUT2D eigenvalue weighted by molar-refractivity contribution is 9.10. The maximum Gasteiger partial charge on any atom is 0.0617 e. The molecule has 1 aliphatic rings.